The van der Waals surface area contributed by atoms with Gasteiger partial charge in [0.1, 0.15) is 5.75 Å². The molecule has 0 radical (unpaired) electrons. The average molecular weight is 246 g/mol. The van der Waals surface area contributed by atoms with Gasteiger partial charge in [0.05, 0.1) is 6.04 Å². The van der Waals surface area contributed by atoms with E-state index in [4.69, 9.17) is 0 Å². The van der Waals surface area contributed by atoms with Crippen molar-refractivity contribution >= 4 is 5.91 Å². The summed E-state index contributed by atoms with van der Waals surface area (Å²) >= 11 is 0. The molecule has 2 aliphatic heterocycles. The Kier molecular flexibility index (Phi) is 2.96. The van der Waals surface area contributed by atoms with Gasteiger partial charge in [-0.3, -0.25) is 4.79 Å². The van der Waals surface area contributed by atoms with Crippen LogP contribution in [0.25, 0.3) is 0 Å². The number of likely N-dealkylation sites (tertiary alicyclic amines) is 1. The maximum absolute atomic E-state index is 11.7. The molecule has 0 bridgehead atoms. The fourth-order valence-corrected chi connectivity index (χ4v) is 2.98. The summed E-state index contributed by atoms with van der Waals surface area (Å²) in [7, 11) is 0. The lowest BCUT2D eigenvalue weighted by molar-refractivity contribution is -0.128. The van der Waals surface area contributed by atoms with Crippen LogP contribution in [-0.2, 0) is 11.2 Å². The van der Waals surface area contributed by atoms with Crippen LogP contribution >= 0.6 is 0 Å². The standard InChI is InChI=1S/C14H18N2O2/c17-12-4-1-3-10-6-7-15-11(14(10)12)9-16-8-2-5-13(16)18/h1,3-4,11,15,17H,2,5-9H2/t11-/m1/s1. The van der Waals surface area contributed by atoms with Gasteiger partial charge in [-0.05, 0) is 31.0 Å². The molecule has 0 saturated carbocycles. The third-order valence-electron chi connectivity index (χ3n) is 3.88. The Morgan fingerprint density at radius 2 is 2.28 bits per heavy atom. The summed E-state index contributed by atoms with van der Waals surface area (Å²) in [6.07, 6.45) is 2.56. The van der Waals surface area contributed by atoms with Crippen LogP contribution in [0.4, 0.5) is 0 Å². The molecule has 1 amide bonds. The average Bonchev–Trinajstić information content (AvgIpc) is 2.76. The number of hydrogen-bond acceptors (Lipinski definition) is 3. The second kappa shape index (κ2) is 4.61. The third kappa shape index (κ3) is 1.97. The number of carbonyl (C=O) groups excluding carboxylic acids is 1. The second-order valence-electron chi connectivity index (χ2n) is 5.05. The zero-order chi connectivity index (χ0) is 12.5. The van der Waals surface area contributed by atoms with Crippen molar-refractivity contribution in [3.05, 3.63) is 29.3 Å². The smallest absolute Gasteiger partial charge is 0.222 e. The number of phenols is 1. The monoisotopic (exact) mass is 246 g/mol. The number of amides is 1. The van der Waals surface area contributed by atoms with Crippen LogP contribution in [0.2, 0.25) is 0 Å². The molecule has 1 aromatic carbocycles. The largest absolute Gasteiger partial charge is 0.508 e. The van der Waals surface area contributed by atoms with Crippen molar-refractivity contribution in [3.63, 3.8) is 0 Å². The number of rotatable bonds is 2. The summed E-state index contributed by atoms with van der Waals surface area (Å²) in [5, 5.41) is 13.4. The highest BCUT2D eigenvalue weighted by atomic mass is 16.3. The normalized spacial score (nSPS) is 23.2. The molecule has 0 aliphatic carbocycles. The van der Waals surface area contributed by atoms with Crippen molar-refractivity contribution < 1.29 is 9.90 Å². The molecule has 4 heteroatoms. The Bertz CT molecular complexity index is 473. The summed E-state index contributed by atoms with van der Waals surface area (Å²) < 4.78 is 0. The lowest BCUT2D eigenvalue weighted by Crippen LogP contribution is -2.39. The number of carbonyl (C=O) groups is 1. The number of aromatic hydroxyl groups is 1. The first-order valence-electron chi connectivity index (χ1n) is 6.57. The summed E-state index contributed by atoms with van der Waals surface area (Å²) in [5.74, 6) is 0.579. The molecule has 96 valence electrons. The van der Waals surface area contributed by atoms with Gasteiger partial charge in [-0.25, -0.2) is 0 Å². The van der Waals surface area contributed by atoms with E-state index in [9.17, 15) is 9.90 Å². The number of hydrogen-bond donors (Lipinski definition) is 2. The molecule has 2 aliphatic rings. The summed E-state index contributed by atoms with van der Waals surface area (Å²) in [4.78, 5) is 13.6. The van der Waals surface area contributed by atoms with Crippen molar-refractivity contribution in [3.8, 4) is 5.75 Å². The van der Waals surface area contributed by atoms with Gasteiger partial charge in [0.15, 0.2) is 0 Å². The highest BCUT2D eigenvalue weighted by molar-refractivity contribution is 5.78. The van der Waals surface area contributed by atoms with Crippen molar-refractivity contribution in [1.29, 1.82) is 0 Å². The maximum Gasteiger partial charge on any atom is 0.222 e. The lowest BCUT2D eigenvalue weighted by Gasteiger charge is -2.30. The van der Waals surface area contributed by atoms with Crippen LogP contribution in [0.15, 0.2) is 18.2 Å². The molecule has 3 rings (SSSR count). The van der Waals surface area contributed by atoms with Crippen LogP contribution < -0.4 is 5.32 Å². The summed E-state index contributed by atoms with van der Waals surface area (Å²) in [5.41, 5.74) is 2.17. The van der Waals surface area contributed by atoms with Crippen LogP contribution in [0.3, 0.4) is 0 Å². The van der Waals surface area contributed by atoms with E-state index >= 15 is 0 Å². The van der Waals surface area contributed by atoms with Gasteiger partial charge in [-0.1, -0.05) is 12.1 Å². The first-order valence-corrected chi connectivity index (χ1v) is 6.57. The molecular weight excluding hydrogens is 228 g/mol. The Balaban J connectivity index is 1.85. The topological polar surface area (TPSA) is 52.6 Å². The Hall–Kier alpha value is -1.55. The quantitative estimate of drug-likeness (QED) is 0.824. The van der Waals surface area contributed by atoms with Crippen molar-refractivity contribution in [2.75, 3.05) is 19.6 Å². The van der Waals surface area contributed by atoms with Crippen molar-refractivity contribution in [2.24, 2.45) is 0 Å². The molecule has 2 N–H and O–H groups in total. The molecule has 2 heterocycles. The van der Waals surface area contributed by atoms with Crippen molar-refractivity contribution in [1.82, 2.24) is 10.2 Å². The highest BCUT2D eigenvalue weighted by Gasteiger charge is 2.28. The predicted molar refractivity (Wildman–Crippen MR) is 68.4 cm³/mol. The van der Waals surface area contributed by atoms with Crippen LogP contribution in [0, 0.1) is 0 Å². The van der Waals surface area contributed by atoms with E-state index in [1.54, 1.807) is 6.07 Å². The molecule has 0 unspecified atom stereocenters. The van der Waals surface area contributed by atoms with E-state index in [-0.39, 0.29) is 11.9 Å². The number of nitrogens with one attached hydrogen (secondary N) is 1. The summed E-state index contributed by atoms with van der Waals surface area (Å²) in [6.45, 7) is 2.42. The fourth-order valence-electron chi connectivity index (χ4n) is 2.98. The van der Waals surface area contributed by atoms with Crippen LogP contribution in [0.5, 0.6) is 5.75 Å². The number of fused-ring (bicyclic) bond motifs is 1. The van der Waals surface area contributed by atoms with Gasteiger partial charge in [0.2, 0.25) is 5.91 Å². The van der Waals surface area contributed by atoms with Crippen LogP contribution in [-0.4, -0.2) is 35.5 Å². The van der Waals surface area contributed by atoms with Gasteiger partial charge >= 0.3 is 0 Å². The molecule has 1 atom stereocenters. The van der Waals surface area contributed by atoms with E-state index in [1.165, 1.54) is 5.56 Å². The van der Waals surface area contributed by atoms with E-state index in [0.29, 0.717) is 18.7 Å². The van der Waals surface area contributed by atoms with Gasteiger partial charge in [-0.2, -0.15) is 0 Å². The molecule has 0 aromatic heterocycles. The number of benzene rings is 1. The first-order chi connectivity index (χ1) is 8.75. The van der Waals surface area contributed by atoms with E-state index in [2.05, 4.69) is 11.4 Å². The first kappa shape index (κ1) is 11.5. The number of nitrogens with zero attached hydrogens (tertiary/aromatic N) is 1. The minimum atomic E-state index is 0.0667. The Morgan fingerprint density at radius 1 is 1.39 bits per heavy atom. The zero-order valence-electron chi connectivity index (χ0n) is 10.4. The van der Waals surface area contributed by atoms with E-state index in [0.717, 1.165) is 31.5 Å². The zero-order valence-corrected chi connectivity index (χ0v) is 10.4. The molecule has 18 heavy (non-hydrogen) atoms. The van der Waals surface area contributed by atoms with Gasteiger partial charge in [0.25, 0.3) is 0 Å². The Morgan fingerprint density at radius 3 is 3.06 bits per heavy atom. The molecule has 1 aromatic rings. The second-order valence-corrected chi connectivity index (χ2v) is 5.05. The minimum absolute atomic E-state index is 0.0667. The fraction of sp³-hybridized carbons (Fsp3) is 0.500. The number of phenolic OH excluding ortho intramolecular Hbond substituents is 1. The molecule has 0 spiro atoms. The third-order valence-corrected chi connectivity index (χ3v) is 3.88. The van der Waals surface area contributed by atoms with Crippen molar-refractivity contribution in [2.45, 2.75) is 25.3 Å². The highest BCUT2D eigenvalue weighted by Crippen LogP contribution is 2.32. The van der Waals surface area contributed by atoms with E-state index in [1.807, 2.05) is 11.0 Å². The lowest BCUT2D eigenvalue weighted by atomic mass is 9.93. The van der Waals surface area contributed by atoms with E-state index < -0.39 is 0 Å². The van der Waals surface area contributed by atoms with Gasteiger partial charge < -0.3 is 15.3 Å². The molecule has 1 saturated heterocycles. The van der Waals surface area contributed by atoms with Gasteiger partial charge in [-0.15, -0.1) is 0 Å². The summed E-state index contributed by atoms with van der Waals surface area (Å²) in [6, 6.07) is 5.74. The SMILES string of the molecule is O=C1CCCN1C[C@H]1NCCc2cccc(O)c21. The molecular formula is C14H18N2O2. The molecule has 1 fully saturated rings. The molecule has 4 nitrogen and oxygen atoms in total. The predicted octanol–water partition coefficient (Wildman–Crippen LogP) is 1.20. The van der Waals surface area contributed by atoms with Crippen LogP contribution in [0.1, 0.15) is 30.0 Å². The Labute approximate surface area is 107 Å². The minimum Gasteiger partial charge on any atom is -0.508 e. The van der Waals surface area contributed by atoms with Gasteiger partial charge in [0, 0.05) is 25.1 Å². The maximum atomic E-state index is 11.7.